The van der Waals surface area contributed by atoms with Crippen molar-refractivity contribution in [2.24, 2.45) is 0 Å². The molecule has 0 heterocycles. The zero-order chi connectivity index (χ0) is 18.5. The van der Waals surface area contributed by atoms with Gasteiger partial charge in [-0.15, -0.1) is 0 Å². The Labute approximate surface area is 140 Å². The smallest absolute Gasteiger partial charge is 0.412 e. The summed E-state index contributed by atoms with van der Waals surface area (Å²) in [7, 11) is 0. The minimum atomic E-state index is -1.14. The Bertz CT molecular complexity index is 701. The van der Waals surface area contributed by atoms with Gasteiger partial charge in [0.05, 0.1) is 11.3 Å². The predicted octanol–water partition coefficient (Wildman–Crippen LogP) is 5.02. The molecule has 0 saturated carbocycles. The lowest BCUT2D eigenvalue weighted by atomic mass is 10.0. The van der Waals surface area contributed by atoms with Crippen molar-refractivity contribution in [2.45, 2.75) is 40.2 Å². The number of halogens is 2. The van der Waals surface area contributed by atoms with Gasteiger partial charge in [-0.2, -0.15) is 0 Å². The van der Waals surface area contributed by atoms with Gasteiger partial charge in [-0.25, -0.2) is 13.6 Å². The quantitative estimate of drug-likeness (QED) is 0.477. The van der Waals surface area contributed by atoms with Gasteiger partial charge >= 0.3 is 6.09 Å². The minimum absolute atomic E-state index is 0.143. The Morgan fingerprint density at radius 3 is 2.29 bits per heavy atom. The molecule has 0 bridgehead atoms. The second kappa shape index (κ2) is 7.86. The van der Waals surface area contributed by atoms with E-state index in [1.165, 1.54) is 12.2 Å². The standard InChI is InChI=1S/C18H21F2NO3/c1-6-8-11(7-2)16(22)14-12(19)9-10-13(15(14)20)21-17(23)24-18(3,4)5/h6-10H,1-5H3,(H,21,23). The maximum absolute atomic E-state index is 14.5. The lowest BCUT2D eigenvalue weighted by molar-refractivity contribution is 0.0634. The molecule has 24 heavy (non-hydrogen) atoms. The molecule has 6 heteroatoms. The summed E-state index contributed by atoms with van der Waals surface area (Å²) in [6.45, 7) is 8.23. The fraction of sp³-hybridized carbons (Fsp3) is 0.333. The minimum Gasteiger partial charge on any atom is -0.444 e. The maximum atomic E-state index is 14.5. The average Bonchev–Trinajstić information content (AvgIpc) is 2.45. The van der Waals surface area contributed by atoms with E-state index in [1.54, 1.807) is 40.7 Å². The molecule has 1 aromatic carbocycles. The molecule has 0 atom stereocenters. The maximum Gasteiger partial charge on any atom is 0.412 e. The van der Waals surface area contributed by atoms with Crippen LogP contribution in [-0.4, -0.2) is 17.5 Å². The number of allylic oxidation sites excluding steroid dienone is 4. The third-order valence-electron chi connectivity index (χ3n) is 2.87. The van der Waals surface area contributed by atoms with E-state index >= 15 is 0 Å². The third-order valence-corrected chi connectivity index (χ3v) is 2.87. The molecule has 0 spiro atoms. The lowest BCUT2D eigenvalue weighted by Crippen LogP contribution is -2.27. The van der Waals surface area contributed by atoms with Crippen LogP contribution in [0.4, 0.5) is 19.3 Å². The number of Topliss-reactive ketones (excluding diaryl/α,β-unsaturated/α-hetero) is 1. The number of benzene rings is 1. The molecule has 1 aromatic rings. The van der Waals surface area contributed by atoms with Crippen LogP contribution in [0.5, 0.6) is 0 Å². The van der Waals surface area contributed by atoms with Gasteiger partial charge in [-0.05, 0) is 46.8 Å². The van der Waals surface area contributed by atoms with Crippen molar-refractivity contribution in [1.29, 1.82) is 0 Å². The van der Waals surface area contributed by atoms with Crippen LogP contribution in [0.15, 0.2) is 35.9 Å². The molecule has 1 rings (SSSR count). The summed E-state index contributed by atoms with van der Waals surface area (Å²) < 4.78 is 33.5. The van der Waals surface area contributed by atoms with E-state index in [0.717, 1.165) is 12.1 Å². The van der Waals surface area contributed by atoms with E-state index in [9.17, 15) is 18.4 Å². The molecular weight excluding hydrogens is 316 g/mol. The summed E-state index contributed by atoms with van der Waals surface area (Å²) in [5.74, 6) is -2.95. The molecule has 0 radical (unpaired) electrons. The van der Waals surface area contributed by atoms with Crippen molar-refractivity contribution in [3.63, 3.8) is 0 Å². The highest BCUT2D eigenvalue weighted by Crippen LogP contribution is 2.25. The number of carbonyl (C=O) groups is 2. The zero-order valence-electron chi connectivity index (χ0n) is 14.4. The topological polar surface area (TPSA) is 55.4 Å². The molecule has 0 aliphatic heterocycles. The SMILES string of the molecule is CC=CC(=CC)C(=O)c1c(F)ccc(NC(=O)OC(C)(C)C)c1F. The largest absolute Gasteiger partial charge is 0.444 e. The first kappa shape index (κ1) is 19.5. The van der Waals surface area contributed by atoms with E-state index in [1.807, 2.05) is 0 Å². The molecule has 4 nitrogen and oxygen atoms in total. The van der Waals surface area contributed by atoms with Crippen molar-refractivity contribution in [2.75, 3.05) is 5.32 Å². The number of hydrogen-bond acceptors (Lipinski definition) is 3. The summed E-state index contributed by atoms with van der Waals surface area (Å²) in [5.41, 5.74) is -1.69. The first-order valence-corrected chi connectivity index (χ1v) is 7.42. The Hall–Kier alpha value is -2.50. The fourth-order valence-corrected chi connectivity index (χ4v) is 1.90. The molecule has 0 fully saturated rings. The summed E-state index contributed by atoms with van der Waals surface area (Å²) in [6, 6.07) is 1.96. The molecule has 0 aliphatic carbocycles. The molecule has 130 valence electrons. The molecular formula is C18H21F2NO3. The van der Waals surface area contributed by atoms with E-state index in [4.69, 9.17) is 4.74 Å². The van der Waals surface area contributed by atoms with Crippen LogP contribution in [-0.2, 0) is 4.74 Å². The van der Waals surface area contributed by atoms with E-state index in [0.29, 0.717) is 0 Å². The first-order chi connectivity index (χ1) is 11.1. The Morgan fingerprint density at radius 2 is 1.79 bits per heavy atom. The number of carbonyl (C=O) groups excluding carboxylic acids is 2. The Morgan fingerprint density at radius 1 is 1.17 bits per heavy atom. The van der Waals surface area contributed by atoms with Crippen LogP contribution in [0.1, 0.15) is 45.0 Å². The molecule has 0 aliphatic rings. The van der Waals surface area contributed by atoms with Crippen molar-refractivity contribution in [3.8, 4) is 0 Å². The van der Waals surface area contributed by atoms with Crippen LogP contribution >= 0.6 is 0 Å². The highest BCUT2D eigenvalue weighted by Gasteiger charge is 2.24. The molecule has 1 amide bonds. The summed E-state index contributed by atoms with van der Waals surface area (Å²) in [5, 5.41) is 2.19. The van der Waals surface area contributed by atoms with Crippen LogP contribution in [0.2, 0.25) is 0 Å². The third kappa shape index (κ3) is 5.01. The van der Waals surface area contributed by atoms with Crippen LogP contribution in [0.3, 0.4) is 0 Å². The zero-order valence-corrected chi connectivity index (χ0v) is 14.4. The summed E-state index contributed by atoms with van der Waals surface area (Å²) in [6.07, 6.45) is 3.60. The molecule has 0 aromatic heterocycles. The number of rotatable bonds is 4. The van der Waals surface area contributed by atoms with Crippen molar-refractivity contribution < 1.29 is 23.1 Å². The van der Waals surface area contributed by atoms with Crippen molar-refractivity contribution in [3.05, 3.63) is 53.1 Å². The fourth-order valence-electron chi connectivity index (χ4n) is 1.90. The van der Waals surface area contributed by atoms with Crippen molar-refractivity contribution in [1.82, 2.24) is 0 Å². The van der Waals surface area contributed by atoms with Gasteiger partial charge in [0, 0.05) is 5.57 Å². The van der Waals surface area contributed by atoms with E-state index < -0.39 is 34.7 Å². The van der Waals surface area contributed by atoms with Crippen LogP contribution < -0.4 is 5.32 Å². The lowest BCUT2D eigenvalue weighted by Gasteiger charge is -2.20. The second-order valence-corrected chi connectivity index (χ2v) is 5.98. The number of amides is 1. The average molecular weight is 337 g/mol. The Kier molecular flexibility index (Phi) is 6.40. The highest BCUT2D eigenvalue weighted by molar-refractivity contribution is 6.11. The van der Waals surface area contributed by atoms with E-state index in [-0.39, 0.29) is 11.3 Å². The number of ether oxygens (including phenoxy) is 1. The normalized spacial score (nSPS) is 12.4. The van der Waals surface area contributed by atoms with Crippen molar-refractivity contribution >= 4 is 17.6 Å². The monoisotopic (exact) mass is 337 g/mol. The number of anilines is 1. The van der Waals surface area contributed by atoms with Gasteiger partial charge in [-0.1, -0.05) is 18.2 Å². The van der Waals surface area contributed by atoms with E-state index in [2.05, 4.69) is 5.32 Å². The second-order valence-electron chi connectivity index (χ2n) is 5.98. The van der Waals surface area contributed by atoms with Gasteiger partial charge in [0.1, 0.15) is 11.4 Å². The molecule has 1 N–H and O–H groups in total. The highest BCUT2D eigenvalue weighted by atomic mass is 19.1. The predicted molar refractivity (Wildman–Crippen MR) is 89.1 cm³/mol. The van der Waals surface area contributed by atoms with Gasteiger partial charge in [0.2, 0.25) is 0 Å². The number of ketones is 1. The summed E-state index contributed by atoms with van der Waals surface area (Å²) >= 11 is 0. The van der Waals surface area contributed by atoms with Gasteiger partial charge in [0.15, 0.2) is 11.6 Å². The number of nitrogens with one attached hydrogen (secondary N) is 1. The number of hydrogen-bond donors (Lipinski definition) is 1. The molecule has 0 saturated heterocycles. The van der Waals surface area contributed by atoms with Crippen LogP contribution in [0, 0.1) is 11.6 Å². The first-order valence-electron chi connectivity index (χ1n) is 7.42. The van der Waals surface area contributed by atoms with Gasteiger partial charge in [0.25, 0.3) is 0 Å². The summed E-state index contributed by atoms with van der Waals surface area (Å²) in [4.78, 5) is 24.1. The van der Waals surface area contributed by atoms with Gasteiger partial charge in [-0.3, -0.25) is 10.1 Å². The Balaban J connectivity index is 3.22. The van der Waals surface area contributed by atoms with Crippen LogP contribution in [0.25, 0.3) is 0 Å². The van der Waals surface area contributed by atoms with Gasteiger partial charge < -0.3 is 4.74 Å². The molecule has 0 unspecified atom stereocenters.